The molecule has 4 rings (SSSR count). The van der Waals surface area contributed by atoms with E-state index < -0.39 is 0 Å². The van der Waals surface area contributed by atoms with Crippen molar-refractivity contribution in [2.75, 3.05) is 24.5 Å². The first kappa shape index (κ1) is 16.8. The number of benzene rings is 2. The van der Waals surface area contributed by atoms with Crippen molar-refractivity contribution < 1.29 is 4.79 Å². The first-order valence-corrected chi connectivity index (χ1v) is 9.86. The third kappa shape index (κ3) is 3.65. The molecule has 130 valence electrons. The lowest BCUT2D eigenvalue weighted by Gasteiger charge is -2.34. The van der Waals surface area contributed by atoms with Crippen molar-refractivity contribution in [2.45, 2.75) is 25.8 Å². The lowest BCUT2D eigenvalue weighted by molar-refractivity contribution is -0.124. The fraction of sp³-hybridized carbons (Fsp3) is 0.381. The predicted octanol–water partition coefficient (Wildman–Crippen LogP) is 4.25. The van der Waals surface area contributed by atoms with Crippen LogP contribution in [-0.4, -0.2) is 30.4 Å². The molecule has 0 unspecified atom stereocenters. The van der Waals surface area contributed by atoms with Crippen LogP contribution in [0.5, 0.6) is 0 Å². The summed E-state index contributed by atoms with van der Waals surface area (Å²) in [4.78, 5) is 17.6. The van der Waals surface area contributed by atoms with Crippen LogP contribution in [0.1, 0.15) is 24.0 Å². The summed E-state index contributed by atoms with van der Waals surface area (Å²) in [7, 11) is 0. The number of fused-ring (bicyclic) bond motifs is 1. The van der Waals surface area contributed by atoms with Gasteiger partial charge in [0.15, 0.2) is 0 Å². The third-order valence-electron chi connectivity index (χ3n) is 5.31. The maximum absolute atomic E-state index is 13.1. The quantitative estimate of drug-likeness (QED) is 0.771. The lowest BCUT2D eigenvalue weighted by atomic mass is 9.96. The Balaban J connectivity index is 1.44. The van der Waals surface area contributed by atoms with Crippen molar-refractivity contribution in [1.29, 1.82) is 0 Å². The van der Waals surface area contributed by atoms with Gasteiger partial charge in [0.1, 0.15) is 0 Å². The van der Waals surface area contributed by atoms with Crippen LogP contribution < -0.4 is 4.90 Å². The minimum absolute atomic E-state index is 0.118. The molecule has 0 radical (unpaired) electrons. The lowest BCUT2D eigenvalue weighted by Crippen LogP contribution is -2.44. The molecule has 1 atom stereocenters. The molecule has 1 saturated heterocycles. The molecule has 2 aliphatic heterocycles. The predicted molar refractivity (Wildman–Crippen MR) is 105 cm³/mol. The SMILES string of the molecule is O=C([C@@H]1CCCN(Cc2ccccc2)C1)N1CCc2cc(Br)ccc21. The van der Waals surface area contributed by atoms with Crippen molar-refractivity contribution in [2.24, 2.45) is 5.92 Å². The molecule has 0 N–H and O–H groups in total. The van der Waals surface area contributed by atoms with Gasteiger partial charge in [-0.2, -0.15) is 0 Å². The Bertz CT molecular complexity index is 762. The molecule has 0 saturated carbocycles. The molecule has 0 bridgehead atoms. The van der Waals surface area contributed by atoms with Crippen LogP contribution in [0.3, 0.4) is 0 Å². The zero-order valence-electron chi connectivity index (χ0n) is 14.3. The van der Waals surface area contributed by atoms with Crippen LogP contribution in [0.4, 0.5) is 5.69 Å². The average molecular weight is 399 g/mol. The van der Waals surface area contributed by atoms with Gasteiger partial charge in [-0.25, -0.2) is 0 Å². The van der Waals surface area contributed by atoms with Gasteiger partial charge >= 0.3 is 0 Å². The summed E-state index contributed by atoms with van der Waals surface area (Å²) >= 11 is 3.53. The molecular formula is C21H23BrN2O. The van der Waals surface area contributed by atoms with Crippen molar-refractivity contribution in [3.05, 3.63) is 64.1 Å². The highest BCUT2D eigenvalue weighted by atomic mass is 79.9. The van der Waals surface area contributed by atoms with E-state index in [-0.39, 0.29) is 5.92 Å². The fourth-order valence-corrected chi connectivity index (χ4v) is 4.47. The first-order valence-electron chi connectivity index (χ1n) is 9.07. The first-order chi connectivity index (χ1) is 12.2. The number of carbonyl (C=O) groups is 1. The van der Waals surface area contributed by atoms with Crippen LogP contribution in [0, 0.1) is 5.92 Å². The van der Waals surface area contributed by atoms with Crippen molar-refractivity contribution in [3.63, 3.8) is 0 Å². The topological polar surface area (TPSA) is 23.6 Å². The molecule has 1 amide bonds. The van der Waals surface area contributed by atoms with Crippen LogP contribution in [0.25, 0.3) is 0 Å². The summed E-state index contributed by atoms with van der Waals surface area (Å²) in [6, 6.07) is 16.8. The fourth-order valence-electron chi connectivity index (χ4n) is 4.06. The summed E-state index contributed by atoms with van der Waals surface area (Å²) in [6.07, 6.45) is 3.07. The maximum atomic E-state index is 13.1. The Hall–Kier alpha value is -1.65. The number of carbonyl (C=O) groups excluding carboxylic acids is 1. The van der Waals surface area contributed by atoms with Gasteiger partial charge in [0.05, 0.1) is 5.92 Å². The molecule has 2 aromatic rings. The summed E-state index contributed by atoms with van der Waals surface area (Å²) in [5.74, 6) is 0.422. The molecule has 0 aromatic heterocycles. The van der Waals surface area contributed by atoms with E-state index in [2.05, 4.69) is 63.3 Å². The molecule has 0 aliphatic carbocycles. The van der Waals surface area contributed by atoms with Crippen molar-refractivity contribution >= 4 is 27.5 Å². The second-order valence-corrected chi connectivity index (χ2v) is 7.99. The Morgan fingerprint density at radius 3 is 2.80 bits per heavy atom. The summed E-state index contributed by atoms with van der Waals surface area (Å²) in [5.41, 5.74) is 3.71. The zero-order chi connectivity index (χ0) is 17.2. The maximum Gasteiger partial charge on any atom is 0.231 e. The second kappa shape index (κ2) is 7.30. The van der Waals surface area contributed by atoms with Gasteiger partial charge in [0.25, 0.3) is 0 Å². The van der Waals surface area contributed by atoms with E-state index in [4.69, 9.17) is 0 Å². The Morgan fingerprint density at radius 1 is 1.12 bits per heavy atom. The number of piperidine rings is 1. The monoisotopic (exact) mass is 398 g/mol. The van der Waals surface area contributed by atoms with E-state index >= 15 is 0 Å². The number of amides is 1. The van der Waals surface area contributed by atoms with E-state index in [1.165, 1.54) is 11.1 Å². The molecule has 0 spiro atoms. The second-order valence-electron chi connectivity index (χ2n) is 7.07. The van der Waals surface area contributed by atoms with E-state index in [9.17, 15) is 4.79 Å². The van der Waals surface area contributed by atoms with E-state index in [1.807, 2.05) is 11.0 Å². The van der Waals surface area contributed by atoms with E-state index in [1.54, 1.807) is 0 Å². The number of rotatable bonds is 3. The molecule has 4 heteroatoms. The van der Waals surface area contributed by atoms with Crippen LogP contribution in [-0.2, 0) is 17.8 Å². The number of hydrogen-bond acceptors (Lipinski definition) is 2. The molecule has 2 heterocycles. The molecule has 1 fully saturated rings. The third-order valence-corrected chi connectivity index (χ3v) is 5.80. The molecule has 2 aromatic carbocycles. The highest BCUT2D eigenvalue weighted by Crippen LogP contribution is 2.33. The molecular weight excluding hydrogens is 376 g/mol. The molecule has 25 heavy (non-hydrogen) atoms. The minimum Gasteiger partial charge on any atom is -0.312 e. The average Bonchev–Trinajstić information content (AvgIpc) is 3.05. The Morgan fingerprint density at radius 2 is 1.96 bits per heavy atom. The highest BCUT2D eigenvalue weighted by molar-refractivity contribution is 9.10. The summed E-state index contributed by atoms with van der Waals surface area (Å²) in [5, 5.41) is 0. The van der Waals surface area contributed by atoms with Crippen molar-refractivity contribution in [1.82, 2.24) is 4.90 Å². The summed E-state index contributed by atoms with van der Waals surface area (Å²) < 4.78 is 1.09. The number of likely N-dealkylation sites (tertiary alicyclic amines) is 1. The van der Waals surface area contributed by atoms with E-state index in [0.29, 0.717) is 5.91 Å². The number of halogens is 1. The van der Waals surface area contributed by atoms with Crippen LogP contribution in [0.15, 0.2) is 53.0 Å². The van der Waals surface area contributed by atoms with Crippen LogP contribution >= 0.6 is 15.9 Å². The van der Waals surface area contributed by atoms with Gasteiger partial charge in [-0.05, 0) is 55.1 Å². The van der Waals surface area contributed by atoms with Crippen LogP contribution in [0.2, 0.25) is 0 Å². The molecule has 3 nitrogen and oxygen atoms in total. The smallest absolute Gasteiger partial charge is 0.231 e. The highest BCUT2D eigenvalue weighted by Gasteiger charge is 2.33. The van der Waals surface area contributed by atoms with Gasteiger partial charge in [0, 0.05) is 29.8 Å². The van der Waals surface area contributed by atoms with Gasteiger partial charge in [-0.3, -0.25) is 9.69 Å². The molecule has 2 aliphatic rings. The van der Waals surface area contributed by atoms with Gasteiger partial charge in [0.2, 0.25) is 5.91 Å². The van der Waals surface area contributed by atoms with Gasteiger partial charge in [-0.1, -0.05) is 46.3 Å². The Labute approximate surface area is 157 Å². The standard InChI is InChI=1S/C21H23BrN2O/c22-19-8-9-20-17(13-19)10-12-24(20)21(25)18-7-4-11-23(15-18)14-16-5-2-1-3-6-16/h1-3,5-6,8-9,13,18H,4,7,10-12,14-15H2/t18-/m1/s1. The van der Waals surface area contributed by atoms with E-state index in [0.717, 1.165) is 55.6 Å². The normalized spacial score (nSPS) is 20.5. The van der Waals surface area contributed by atoms with Crippen molar-refractivity contribution in [3.8, 4) is 0 Å². The van der Waals surface area contributed by atoms with Gasteiger partial charge in [-0.15, -0.1) is 0 Å². The van der Waals surface area contributed by atoms with Gasteiger partial charge < -0.3 is 4.90 Å². The number of hydrogen-bond donors (Lipinski definition) is 0. The number of nitrogens with zero attached hydrogens (tertiary/aromatic N) is 2. The number of anilines is 1. The largest absolute Gasteiger partial charge is 0.312 e. The zero-order valence-corrected chi connectivity index (χ0v) is 15.9. The minimum atomic E-state index is 0.118. The summed E-state index contributed by atoms with van der Waals surface area (Å²) in [6.45, 7) is 3.71. The Kier molecular flexibility index (Phi) is 4.91.